The van der Waals surface area contributed by atoms with Crippen LogP contribution < -0.4 is 0 Å². The van der Waals surface area contributed by atoms with Crippen molar-refractivity contribution in [3.8, 4) is 0 Å². The van der Waals surface area contributed by atoms with E-state index in [2.05, 4.69) is 0 Å². The number of hydrogen-bond acceptors (Lipinski definition) is 3. The number of rotatable bonds is 6. The lowest BCUT2D eigenvalue weighted by Gasteiger charge is -2.09. The van der Waals surface area contributed by atoms with Gasteiger partial charge in [-0.15, -0.1) is 0 Å². The summed E-state index contributed by atoms with van der Waals surface area (Å²) in [6.45, 7) is 2.08. The van der Waals surface area contributed by atoms with E-state index in [9.17, 15) is 4.79 Å². The maximum atomic E-state index is 10.3. The van der Waals surface area contributed by atoms with Crippen LogP contribution >= 0.6 is 11.8 Å². The SMILES string of the molecule is CCC(CC(=O)O)SCCO. The molecule has 66 valence electrons. The summed E-state index contributed by atoms with van der Waals surface area (Å²) in [6, 6.07) is 0. The van der Waals surface area contributed by atoms with Crippen molar-refractivity contribution in [1.29, 1.82) is 0 Å². The van der Waals surface area contributed by atoms with Gasteiger partial charge >= 0.3 is 5.97 Å². The fourth-order valence-electron chi connectivity index (χ4n) is 0.735. The van der Waals surface area contributed by atoms with Crippen LogP contribution in [-0.2, 0) is 4.79 Å². The van der Waals surface area contributed by atoms with Gasteiger partial charge in [0.25, 0.3) is 0 Å². The van der Waals surface area contributed by atoms with E-state index in [-0.39, 0.29) is 18.3 Å². The van der Waals surface area contributed by atoms with Crippen LogP contribution in [-0.4, -0.2) is 33.8 Å². The smallest absolute Gasteiger partial charge is 0.304 e. The Hall–Kier alpha value is -0.220. The monoisotopic (exact) mass is 178 g/mol. The van der Waals surface area contributed by atoms with Crippen molar-refractivity contribution in [2.24, 2.45) is 0 Å². The molecule has 0 aliphatic rings. The second-order valence-electron chi connectivity index (χ2n) is 2.22. The van der Waals surface area contributed by atoms with Crippen molar-refractivity contribution >= 4 is 17.7 Å². The third kappa shape index (κ3) is 6.19. The molecule has 1 unspecified atom stereocenters. The average molecular weight is 178 g/mol. The molecular formula is C7H14O3S. The highest BCUT2D eigenvalue weighted by atomic mass is 32.2. The summed E-state index contributed by atoms with van der Waals surface area (Å²) in [4.78, 5) is 10.3. The van der Waals surface area contributed by atoms with Crippen molar-refractivity contribution < 1.29 is 15.0 Å². The first-order chi connectivity index (χ1) is 5.20. The van der Waals surface area contributed by atoms with Gasteiger partial charge in [-0.1, -0.05) is 6.92 Å². The average Bonchev–Trinajstić information content (AvgIpc) is 1.97. The van der Waals surface area contributed by atoms with Gasteiger partial charge in [-0.2, -0.15) is 11.8 Å². The Morgan fingerprint density at radius 1 is 1.64 bits per heavy atom. The van der Waals surface area contributed by atoms with Crippen molar-refractivity contribution in [3.05, 3.63) is 0 Å². The summed E-state index contributed by atoms with van der Waals surface area (Å²) < 4.78 is 0. The molecule has 0 heterocycles. The number of thioether (sulfide) groups is 1. The summed E-state index contributed by atoms with van der Waals surface area (Å²) in [5, 5.41) is 17.1. The van der Waals surface area contributed by atoms with Gasteiger partial charge < -0.3 is 10.2 Å². The molecule has 0 fully saturated rings. The molecule has 1 atom stereocenters. The molecular weight excluding hydrogens is 164 g/mol. The quantitative estimate of drug-likeness (QED) is 0.636. The molecule has 0 spiro atoms. The van der Waals surface area contributed by atoms with Crippen LogP contribution in [0.15, 0.2) is 0 Å². The maximum absolute atomic E-state index is 10.3. The molecule has 0 aliphatic carbocycles. The molecule has 0 saturated heterocycles. The van der Waals surface area contributed by atoms with Crippen LogP contribution in [0.2, 0.25) is 0 Å². The maximum Gasteiger partial charge on any atom is 0.304 e. The molecule has 0 saturated carbocycles. The zero-order chi connectivity index (χ0) is 8.69. The third-order valence-electron chi connectivity index (χ3n) is 1.30. The van der Waals surface area contributed by atoms with E-state index in [4.69, 9.17) is 10.2 Å². The minimum Gasteiger partial charge on any atom is -0.481 e. The minimum absolute atomic E-state index is 0.126. The van der Waals surface area contributed by atoms with Crippen molar-refractivity contribution in [3.63, 3.8) is 0 Å². The van der Waals surface area contributed by atoms with Crippen LogP contribution in [0.4, 0.5) is 0 Å². The summed E-state index contributed by atoms with van der Waals surface area (Å²) in [6.07, 6.45) is 1.04. The predicted molar refractivity (Wildman–Crippen MR) is 45.9 cm³/mol. The Bertz CT molecular complexity index is 116. The lowest BCUT2D eigenvalue weighted by Crippen LogP contribution is -2.10. The minimum atomic E-state index is -0.762. The fraction of sp³-hybridized carbons (Fsp3) is 0.857. The van der Waals surface area contributed by atoms with Gasteiger partial charge in [0.2, 0.25) is 0 Å². The molecule has 4 heteroatoms. The summed E-state index contributed by atoms with van der Waals surface area (Å²) in [7, 11) is 0. The first-order valence-corrected chi connectivity index (χ1v) is 4.69. The van der Waals surface area contributed by atoms with Gasteiger partial charge in [-0.25, -0.2) is 0 Å². The molecule has 0 radical (unpaired) electrons. The topological polar surface area (TPSA) is 57.5 Å². The second-order valence-corrected chi connectivity index (χ2v) is 3.63. The Morgan fingerprint density at radius 3 is 2.64 bits per heavy atom. The fourth-order valence-corrected chi connectivity index (χ4v) is 1.67. The molecule has 0 aromatic carbocycles. The Labute approximate surface area is 70.8 Å². The van der Waals surface area contributed by atoms with Crippen LogP contribution in [0.25, 0.3) is 0 Å². The molecule has 3 nitrogen and oxygen atoms in total. The summed E-state index contributed by atoms with van der Waals surface area (Å²) in [5.41, 5.74) is 0. The lowest BCUT2D eigenvalue weighted by molar-refractivity contribution is -0.136. The van der Waals surface area contributed by atoms with E-state index in [0.717, 1.165) is 6.42 Å². The third-order valence-corrected chi connectivity index (χ3v) is 2.69. The van der Waals surface area contributed by atoms with E-state index in [1.807, 2.05) is 6.92 Å². The van der Waals surface area contributed by atoms with Crippen LogP contribution in [0.1, 0.15) is 19.8 Å². The number of carboxylic acid groups (broad SMARTS) is 1. The number of aliphatic carboxylic acids is 1. The Kier molecular flexibility index (Phi) is 6.36. The zero-order valence-corrected chi connectivity index (χ0v) is 7.43. The highest BCUT2D eigenvalue weighted by Gasteiger charge is 2.10. The summed E-state index contributed by atoms with van der Waals surface area (Å²) >= 11 is 1.52. The highest BCUT2D eigenvalue weighted by molar-refractivity contribution is 7.99. The van der Waals surface area contributed by atoms with Crippen molar-refractivity contribution in [2.75, 3.05) is 12.4 Å². The number of aliphatic hydroxyl groups is 1. The van der Waals surface area contributed by atoms with E-state index in [1.165, 1.54) is 11.8 Å². The molecule has 0 aliphatic heterocycles. The Balaban J connectivity index is 3.49. The molecule has 0 rings (SSSR count). The first-order valence-electron chi connectivity index (χ1n) is 3.65. The van der Waals surface area contributed by atoms with E-state index >= 15 is 0 Å². The molecule has 2 N–H and O–H groups in total. The molecule has 0 bridgehead atoms. The van der Waals surface area contributed by atoms with Gasteiger partial charge in [-0.3, -0.25) is 4.79 Å². The standard InChI is InChI=1S/C7H14O3S/c1-2-6(5-7(9)10)11-4-3-8/h6,8H,2-5H2,1H3,(H,9,10). The molecule has 0 aromatic rings. The summed E-state index contributed by atoms with van der Waals surface area (Å²) in [5.74, 6) is -0.131. The van der Waals surface area contributed by atoms with Crippen molar-refractivity contribution in [2.45, 2.75) is 25.0 Å². The van der Waals surface area contributed by atoms with E-state index in [0.29, 0.717) is 5.75 Å². The molecule has 0 aromatic heterocycles. The van der Waals surface area contributed by atoms with E-state index < -0.39 is 5.97 Å². The lowest BCUT2D eigenvalue weighted by atomic mass is 10.2. The zero-order valence-electron chi connectivity index (χ0n) is 6.62. The Morgan fingerprint density at radius 2 is 2.27 bits per heavy atom. The predicted octanol–water partition coefficient (Wildman–Crippen LogP) is 0.965. The van der Waals surface area contributed by atoms with Crippen LogP contribution in [0.5, 0.6) is 0 Å². The van der Waals surface area contributed by atoms with Crippen molar-refractivity contribution in [1.82, 2.24) is 0 Å². The normalized spacial score (nSPS) is 12.9. The van der Waals surface area contributed by atoms with Gasteiger partial charge in [0.05, 0.1) is 13.0 Å². The van der Waals surface area contributed by atoms with Gasteiger partial charge in [0.1, 0.15) is 0 Å². The molecule has 11 heavy (non-hydrogen) atoms. The second kappa shape index (κ2) is 6.49. The van der Waals surface area contributed by atoms with Gasteiger partial charge in [-0.05, 0) is 6.42 Å². The highest BCUT2D eigenvalue weighted by Crippen LogP contribution is 2.17. The van der Waals surface area contributed by atoms with Crippen LogP contribution in [0, 0.1) is 0 Å². The van der Waals surface area contributed by atoms with Gasteiger partial charge in [0, 0.05) is 11.0 Å². The van der Waals surface area contributed by atoms with Gasteiger partial charge in [0.15, 0.2) is 0 Å². The largest absolute Gasteiger partial charge is 0.481 e. The van der Waals surface area contributed by atoms with E-state index in [1.54, 1.807) is 0 Å². The van der Waals surface area contributed by atoms with Crippen LogP contribution in [0.3, 0.4) is 0 Å². The number of carboxylic acids is 1. The number of aliphatic hydroxyl groups excluding tert-OH is 1. The first kappa shape index (κ1) is 10.8. The number of hydrogen-bond donors (Lipinski definition) is 2. The number of carbonyl (C=O) groups is 1. The molecule has 0 amide bonds.